The summed E-state index contributed by atoms with van der Waals surface area (Å²) in [5.74, 6) is 2.39. The lowest BCUT2D eigenvalue weighted by Crippen LogP contribution is -2.27. The molecule has 0 N–H and O–H groups in total. The molecule has 7 heteroatoms. The average Bonchev–Trinajstić information content (AvgIpc) is 3.00. The van der Waals surface area contributed by atoms with Crippen LogP contribution in [0.15, 0.2) is 60.7 Å². The van der Waals surface area contributed by atoms with Gasteiger partial charge in [-0.05, 0) is 117 Å². The maximum atomic E-state index is 13.7. The fraction of sp³-hybridized carbons (Fsp3) is 0.490. The lowest BCUT2D eigenvalue weighted by Gasteiger charge is -2.33. The number of ether oxygens (including phenoxy) is 2. The molecule has 0 aromatic heterocycles. The van der Waals surface area contributed by atoms with Crippen LogP contribution in [-0.4, -0.2) is 11.8 Å². The van der Waals surface area contributed by atoms with Crippen molar-refractivity contribution in [1.82, 2.24) is 0 Å². The minimum Gasteiger partial charge on any atom is -0.428 e. The van der Waals surface area contributed by atoms with Crippen molar-refractivity contribution >= 4 is 14.8 Å². The molecule has 6 nitrogen and oxygen atoms in total. The second-order valence-electron chi connectivity index (χ2n) is 20.4. The molecule has 0 spiro atoms. The van der Waals surface area contributed by atoms with Crippen molar-refractivity contribution in [3.63, 3.8) is 0 Å². The Morgan fingerprint density at radius 3 is 1.23 bits per heavy atom. The summed E-state index contributed by atoms with van der Waals surface area (Å²) in [6, 6.07) is 20.9. The van der Waals surface area contributed by atoms with Crippen LogP contribution in [0.25, 0.3) is 11.1 Å². The zero-order chi connectivity index (χ0) is 42.3. The molecule has 0 unspecified atom stereocenters. The van der Waals surface area contributed by atoms with E-state index in [0.29, 0.717) is 23.0 Å². The maximum Gasteiger partial charge on any atom is 0.530 e. The van der Waals surface area contributed by atoms with Crippen LogP contribution in [0.3, 0.4) is 0 Å². The largest absolute Gasteiger partial charge is 0.530 e. The van der Waals surface area contributed by atoms with E-state index in [1.165, 1.54) is 0 Å². The zero-order valence-electron chi connectivity index (χ0n) is 37.7. The molecule has 0 bridgehead atoms. The quantitative estimate of drug-likeness (QED) is 0.101. The Hall–Kier alpha value is -4.02. The van der Waals surface area contributed by atoms with Crippen molar-refractivity contribution in [2.75, 3.05) is 0 Å². The Morgan fingerprint density at radius 1 is 0.482 bits per heavy atom. The highest BCUT2D eigenvalue weighted by atomic mass is 31.2. The number of carbonyl (C=O) groups excluding carboxylic acids is 1. The molecule has 0 saturated heterocycles. The minimum absolute atomic E-state index is 0.232. The van der Waals surface area contributed by atoms with Gasteiger partial charge in [-0.25, -0.2) is 4.79 Å². The molecule has 4 rings (SSSR count). The van der Waals surface area contributed by atoms with Crippen molar-refractivity contribution in [2.24, 2.45) is 0 Å². The zero-order valence-corrected chi connectivity index (χ0v) is 38.6. The van der Waals surface area contributed by atoms with Gasteiger partial charge in [0.25, 0.3) is 0 Å². The summed E-state index contributed by atoms with van der Waals surface area (Å²) in [7, 11) is -2.09. The normalized spacial score (nSPS) is 12.8. The van der Waals surface area contributed by atoms with Gasteiger partial charge in [0.15, 0.2) is 0 Å². The second kappa shape index (κ2) is 16.1. The molecule has 0 atom stereocenters. The molecular weight excluding hydrogens is 716 g/mol. The van der Waals surface area contributed by atoms with Gasteiger partial charge in [0.2, 0.25) is 0 Å². The first kappa shape index (κ1) is 44.7. The Morgan fingerprint density at radius 2 is 0.875 bits per heavy atom. The van der Waals surface area contributed by atoms with Crippen LogP contribution in [0.4, 0.5) is 4.79 Å². The van der Waals surface area contributed by atoms with Crippen molar-refractivity contribution < 1.29 is 27.8 Å². The molecule has 304 valence electrons. The Labute approximate surface area is 339 Å². The van der Waals surface area contributed by atoms with Crippen molar-refractivity contribution in [2.45, 2.75) is 159 Å². The highest BCUT2D eigenvalue weighted by Gasteiger charge is 2.35. The summed E-state index contributed by atoms with van der Waals surface area (Å²) < 4.78 is 33.0. The van der Waals surface area contributed by atoms with Gasteiger partial charge in [0.05, 0.1) is 0 Å². The lowest BCUT2D eigenvalue weighted by molar-refractivity contribution is 0.0204. The van der Waals surface area contributed by atoms with E-state index in [9.17, 15) is 4.79 Å². The Kier molecular flexibility index (Phi) is 12.8. The molecule has 0 amide bonds. The SMILES string of the molecule is Cc1ccc(OP(Oc2ccc(C)cc2C)Oc2c(-c3cc(C(C)(C)C)cc(C(C)(C)C)c3OC(=O)OC(C)(C)C)cc(C(C)(C)C)cc2C(C)(C)C)c(C)c1. The fourth-order valence-electron chi connectivity index (χ4n) is 6.30. The Bertz CT molecular complexity index is 2010. The number of aryl methyl sites for hydroxylation is 4. The van der Waals surface area contributed by atoms with E-state index < -0.39 is 25.8 Å². The van der Waals surface area contributed by atoms with Crippen LogP contribution in [0.1, 0.15) is 148 Å². The monoisotopic (exact) mass is 782 g/mol. The van der Waals surface area contributed by atoms with Gasteiger partial charge < -0.3 is 23.0 Å². The Balaban J connectivity index is 2.17. The van der Waals surface area contributed by atoms with Crippen LogP contribution in [0.2, 0.25) is 0 Å². The lowest BCUT2D eigenvalue weighted by atomic mass is 9.75. The van der Waals surface area contributed by atoms with Gasteiger partial charge in [-0.15, -0.1) is 0 Å². The highest BCUT2D eigenvalue weighted by molar-refractivity contribution is 7.43. The first-order valence-electron chi connectivity index (χ1n) is 19.7. The summed E-state index contributed by atoms with van der Waals surface area (Å²) in [6.45, 7) is 39.9. The minimum atomic E-state index is -2.09. The molecule has 0 heterocycles. The predicted octanol–water partition coefficient (Wildman–Crippen LogP) is 14.9. The summed E-state index contributed by atoms with van der Waals surface area (Å²) in [5.41, 5.74) is 7.79. The first-order chi connectivity index (χ1) is 25.4. The number of carbonyl (C=O) groups is 1. The predicted molar refractivity (Wildman–Crippen MR) is 234 cm³/mol. The second-order valence-corrected chi connectivity index (χ2v) is 21.4. The van der Waals surface area contributed by atoms with Crippen molar-refractivity contribution in [1.29, 1.82) is 0 Å². The molecule has 0 radical (unpaired) electrons. The summed E-state index contributed by atoms with van der Waals surface area (Å²) in [6.07, 6.45) is -0.767. The number of hydrogen-bond donors (Lipinski definition) is 0. The first-order valence-corrected chi connectivity index (χ1v) is 20.8. The number of rotatable bonds is 8. The molecule has 0 saturated carbocycles. The topological polar surface area (TPSA) is 63.2 Å². The summed E-state index contributed by atoms with van der Waals surface area (Å²) >= 11 is 0. The third kappa shape index (κ3) is 11.3. The molecule has 4 aromatic carbocycles. The van der Waals surface area contributed by atoms with Crippen LogP contribution >= 0.6 is 8.60 Å². The van der Waals surface area contributed by atoms with E-state index in [1.54, 1.807) is 0 Å². The molecule has 4 aromatic rings. The van der Waals surface area contributed by atoms with E-state index >= 15 is 0 Å². The summed E-state index contributed by atoms with van der Waals surface area (Å²) in [4.78, 5) is 13.7. The highest BCUT2D eigenvalue weighted by Crippen LogP contribution is 2.54. The van der Waals surface area contributed by atoms with E-state index in [2.05, 4.69) is 133 Å². The standard InChI is InChI=1S/C49H67O6P/c1-30-20-22-40(32(3)24-30)53-56(54-41-23-21-31(2)25-33(41)4)55-43-37(27-35(46(8,9)10)29-39(43)48(14,15)16)36-26-34(45(5,6)7)28-38(47(11,12)13)42(36)51-44(50)52-49(17,18)19/h20-29H,1-19H3. The smallest absolute Gasteiger partial charge is 0.428 e. The van der Waals surface area contributed by atoms with Gasteiger partial charge >= 0.3 is 14.8 Å². The van der Waals surface area contributed by atoms with Gasteiger partial charge in [-0.1, -0.05) is 131 Å². The van der Waals surface area contributed by atoms with Gasteiger partial charge in [0, 0.05) is 22.3 Å². The number of benzene rings is 4. The van der Waals surface area contributed by atoms with Crippen molar-refractivity contribution in [3.05, 3.63) is 105 Å². The van der Waals surface area contributed by atoms with Gasteiger partial charge in [-0.2, -0.15) is 0 Å². The molecule has 56 heavy (non-hydrogen) atoms. The molecule has 0 aliphatic heterocycles. The van der Waals surface area contributed by atoms with E-state index in [4.69, 9.17) is 23.0 Å². The van der Waals surface area contributed by atoms with Gasteiger partial charge in [0.1, 0.15) is 28.6 Å². The molecular formula is C49H67O6P. The van der Waals surface area contributed by atoms with E-state index in [1.807, 2.05) is 58.9 Å². The average molecular weight is 783 g/mol. The molecule has 0 aliphatic rings. The number of hydrogen-bond acceptors (Lipinski definition) is 6. The van der Waals surface area contributed by atoms with Crippen LogP contribution in [0, 0.1) is 27.7 Å². The molecule has 0 fully saturated rings. The van der Waals surface area contributed by atoms with Crippen LogP contribution < -0.4 is 18.3 Å². The molecule has 0 aliphatic carbocycles. The maximum absolute atomic E-state index is 13.7. The third-order valence-corrected chi connectivity index (χ3v) is 10.6. The van der Waals surface area contributed by atoms with Gasteiger partial charge in [-0.3, -0.25) is 0 Å². The third-order valence-electron chi connectivity index (χ3n) is 9.56. The van der Waals surface area contributed by atoms with E-state index in [-0.39, 0.29) is 16.2 Å². The fourth-order valence-corrected chi connectivity index (χ4v) is 7.48. The van der Waals surface area contributed by atoms with Crippen LogP contribution in [-0.2, 0) is 26.4 Å². The van der Waals surface area contributed by atoms with Crippen LogP contribution in [0.5, 0.6) is 23.0 Å². The van der Waals surface area contributed by atoms with E-state index in [0.717, 1.165) is 55.6 Å². The summed E-state index contributed by atoms with van der Waals surface area (Å²) in [5, 5.41) is 0. The van der Waals surface area contributed by atoms with Crippen molar-refractivity contribution in [3.8, 4) is 34.1 Å².